The first-order valence-corrected chi connectivity index (χ1v) is 41.2. The number of nitrogens with zero attached hydrogens (tertiary/aromatic N) is 1. The molecule has 12 rings (SSSR count). The Morgan fingerprint density at radius 3 is 1.21 bits per heavy atom. The van der Waals surface area contributed by atoms with E-state index in [0.717, 1.165) is 54.6 Å². The molecule has 84 heavy (non-hydrogen) atoms. The lowest BCUT2D eigenvalue weighted by atomic mass is 9.41. The molecular weight excluding hydrogens is 1070 g/mol. The monoisotopic (exact) mass is 1200 g/mol. The minimum absolute atomic E-state index is 0.0233. The summed E-state index contributed by atoms with van der Waals surface area (Å²) in [4.78, 5) is 32.6. The van der Waals surface area contributed by atoms with Crippen LogP contribution < -0.4 is 0 Å². The summed E-state index contributed by atoms with van der Waals surface area (Å²) >= 11 is 0. The van der Waals surface area contributed by atoms with E-state index in [-0.39, 0.29) is 63.5 Å². The number of fused-ring (bicyclic) bond motifs is 8. The van der Waals surface area contributed by atoms with Crippen molar-refractivity contribution in [1.82, 2.24) is 5.06 Å². The van der Waals surface area contributed by atoms with Crippen LogP contribution in [0.4, 0.5) is 0 Å². The van der Waals surface area contributed by atoms with Gasteiger partial charge in [0.1, 0.15) is 12.2 Å². The molecule has 24 atom stereocenters. The van der Waals surface area contributed by atoms with E-state index in [1.54, 1.807) is 14.2 Å². The molecule has 12 aliphatic rings. The molecular formula is C74H129NO7Si2. The Balaban J connectivity index is 0.000000175. The quantitative estimate of drug-likeness (QED) is 0.134. The normalized spacial score (nSPS) is 50.8. The van der Waals surface area contributed by atoms with Crippen molar-refractivity contribution in [2.45, 2.75) is 321 Å². The number of hydrogen-bond acceptors (Lipinski definition) is 7. The fourth-order valence-electron chi connectivity index (χ4n) is 26.9. The van der Waals surface area contributed by atoms with Crippen molar-refractivity contribution in [3.05, 3.63) is 0 Å². The second-order valence-corrected chi connectivity index (χ2v) is 45.6. The summed E-state index contributed by atoms with van der Waals surface area (Å²) in [6.07, 6.45) is 20.6. The van der Waals surface area contributed by atoms with Gasteiger partial charge in [0.05, 0.1) is 31.5 Å². The van der Waals surface area contributed by atoms with Gasteiger partial charge in [0.15, 0.2) is 22.4 Å². The summed E-state index contributed by atoms with van der Waals surface area (Å²) in [5.41, 5.74) is 3.05. The molecule has 0 bridgehead atoms. The van der Waals surface area contributed by atoms with Gasteiger partial charge in [0, 0.05) is 23.3 Å². The molecule has 8 nitrogen and oxygen atoms in total. The lowest BCUT2D eigenvalue weighted by Crippen LogP contribution is -2.60. The number of carbonyl (C=O) groups excluding carboxylic acids is 2. The highest BCUT2D eigenvalue weighted by molar-refractivity contribution is 6.74. The second-order valence-electron chi connectivity index (χ2n) is 36.1. The summed E-state index contributed by atoms with van der Waals surface area (Å²) in [5, 5.41) is 1.37. The van der Waals surface area contributed by atoms with Gasteiger partial charge in [0.2, 0.25) is 0 Å². The van der Waals surface area contributed by atoms with Gasteiger partial charge in [-0.05, 0) is 241 Å². The zero-order valence-corrected chi connectivity index (χ0v) is 60.6. The zero-order chi connectivity index (χ0) is 61.6. The van der Waals surface area contributed by atoms with Gasteiger partial charge in [-0.15, -0.1) is 0 Å². The van der Waals surface area contributed by atoms with Gasteiger partial charge in [-0.1, -0.05) is 145 Å². The molecule has 10 aliphatic carbocycles. The molecule has 0 aromatic carbocycles. The predicted octanol–water partition coefficient (Wildman–Crippen LogP) is 18.6. The Morgan fingerprint density at radius 1 is 0.512 bits per heavy atom. The first-order chi connectivity index (χ1) is 39.1. The number of carbonyl (C=O) groups is 2. The average molecular weight is 1200 g/mol. The molecule has 480 valence electrons. The van der Waals surface area contributed by atoms with Crippen LogP contribution in [0.1, 0.15) is 248 Å². The van der Waals surface area contributed by atoms with Crippen molar-refractivity contribution in [3.63, 3.8) is 0 Å². The Kier molecular flexibility index (Phi) is 16.2. The maximum absolute atomic E-state index is 13.8. The molecule has 12 fully saturated rings. The fraction of sp³-hybridized carbons (Fsp3) is 0.973. The predicted molar refractivity (Wildman–Crippen MR) is 347 cm³/mol. The Bertz CT molecular complexity index is 2490. The summed E-state index contributed by atoms with van der Waals surface area (Å²) in [7, 11) is -0.581. The zero-order valence-electron chi connectivity index (χ0n) is 58.6. The van der Waals surface area contributed by atoms with Crippen molar-refractivity contribution < 1.29 is 32.8 Å². The van der Waals surface area contributed by atoms with E-state index in [1.165, 1.54) is 113 Å². The number of likely N-dealkylation sites (N-methyl/N-ethyl adjacent to an activating group) is 1. The van der Waals surface area contributed by atoms with E-state index in [1.807, 2.05) is 0 Å². The van der Waals surface area contributed by atoms with Crippen LogP contribution in [0.5, 0.6) is 0 Å². The third kappa shape index (κ3) is 8.32. The van der Waals surface area contributed by atoms with E-state index < -0.39 is 22.7 Å². The first kappa shape index (κ1) is 64.9. The van der Waals surface area contributed by atoms with Gasteiger partial charge in [-0.3, -0.25) is 14.4 Å². The highest BCUT2D eigenvalue weighted by atomic mass is 28.4. The number of hydrogen-bond donors (Lipinski definition) is 0. The third-order valence-electron chi connectivity index (χ3n) is 33.1. The van der Waals surface area contributed by atoms with Crippen LogP contribution in [0.25, 0.3) is 0 Å². The number of rotatable bonds is 13. The fourth-order valence-corrected chi connectivity index (χ4v) is 32.7. The van der Waals surface area contributed by atoms with Gasteiger partial charge in [-0.25, -0.2) is 5.06 Å². The molecule has 10 unspecified atom stereocenters. The van der Waals surface area contributed by atoms with E-state index in [0.29, 0.717) is 73.8 Å². The van der Waals surface area contributed by atoms with Crippen molar-refractivity contribution in [1.29, 1.82) is 0 Å². The molecule has 0 aromatic heterocycles. The van der Waals surface area contributed by atoms with Crippen LogP contribution >= 0.6 is 0 Å². The molecule has 2 saturated heterocycles. The van der Waals surface area contributed by atoms with Gasteiger partial charge >= 0.3 is 0 Å². The number of Topliss-reactive ketones (excluding diaryl/α,β-unsaturated/α-hetero) is 1. The lowest BCUT2D eigenvalue weighted by Gasteiger charge is -2.64. The number of ketones is 1. The van der Waals surface area contributed by atoms with Crippen LogP contribution in [-0.2, 0) is 32.8 Å². The number of hydroxylamine groups is 2. The molecule has 0 radical (unpaired) electrons. The largest absolute Gasteiger partial charge is 0.411 e. The Hall–Kier alpha value is -0.626. The van der Waals surface area contributed by atoms with Gasteiger partial charge in [0.25, 0.3) is 5.91 Å². The maximum Gasteiger partial charge on any atom is 0.274 e. The average Bonchev–Trinajstić information content (AvgIpc) is 1.47. The van der Waals surface area contributed by atoms with E-state index >= 15 is 0 Å². The standard InChI is InChI=1S/C38H66O3Si.C36H63NO4Si/c1-13-42(14-2,15-3)41-32-30-29(24(4)22-26(40-30)31(39)33(6,7)8)35(11)20-21-38-23-37(38)19-18-25(5)34(9,10)27(37)16-17-28(38)36(32,35)12;1-12-42(13-2,14-3)41-30-29-28(23(4)21-25(40-29)31(38)37(10)39-11)33(8)19-20-36-22-35(36)18-17-24(5)32(6,7)26(35)15-16-27(36)34(30,33)9/h24-30,32H,13-23H2,1-12H3;23-30H,12-22H2,1-11H3/t24-,25?,26?,27+,28+,29?,30?,32+,35-,36-,37-,38?;23-,24?,25?,26+,27+,28?,29?,30+,33-,34-,35-,36?/m11/s1. The first-order valence-electron chi connectivity index (χ1n) is 36.2. The van der Waals surface area contributed by atoms with E-state index in [2.05, 4.69) is 145 Å². The molecule has 10 saturated carbocycles. The van der Waals surface area contributed by atoms with Crippen molar-refractivity contribution in [3.8, 4) is 0 Å². The topological polar surface area (TPSA) is 83.5 Å². The van der Waals surface area contributed by atoms with Crippen LogP contribution in [0.3, 0.4) is 0 Å². The summed E-state index contributed by atoms with van der Waals surface area (Å²) in [5.74, 6) is 6.81. The Labute approximate surface area is 517 Å². The molecule has 10 heteroatoms. The van der Waals surface area contributed by atoms with Crippen LogP contribution in [0.2, 0.25) is 36.3 Å². The minimum atomic E-state index is -1.95. The van der Waals surface area contributed by atoms with E-state index in [4.69, 9.17) is 23.2 Å². The van der Waals surface area contributed by atoms with Crippen molar-refractivity contribution in [2.75, 3.05) is 14.2 Å². The highest BCUT2D eigenvalue weighted by Crippen LogP contribution is 2.92. The lowest BCUT2D eigenvalue weighted by molar-refractivity contribution is -0.199. The van der Waals surface area contributed by atoms with Crippen LogP contribution in [-0.4, -0.2) is 84.2 Å². The maximum atomic E-state index is 13.8. The summed E-state index contributed by atoms with van der Waals surface area (Å²) < 4.78 is 29.9. The molecule has 2 heterocycles. The highest BCUT2D eigenvalue weighted by Gasteiger charge is 2.87. The second kappa shape index (κ2) is 20.9. The SMILES string of the molecule is CC[Si](CC)(CC)O[C@H]1C2OC(C(=O)C(C)(C)C)C[C@@H](C)C2[C@@]2(C)CCC34C[C@@]35CCC(C)C(C)(C)[C@@H]5CC[C@H]4[C@]12C.CC[Si](CC)(CC)O[C@H]1C2OC(C(=O)N(C)OC)C[C@@H](C)C2[C@@]2(C)CCC34C[C@@]35CCC(C)C(C)(C)[C@@H]5CC[C@H]4[C@]12C. The van der Waals surface area contributed by atoms with Crippen LogP contribution in [0.15, 0.2) is 0 Å². The molecule has 0 aromatic rings. The Morgan fingerprint density at radius 2 is 0.857 bits per heavy atom. The van der Waals surface area contributed by atoms with E-state index in [9.17, 15) is 9.59 Å². The third-order valence-corrected chi connectivity index (χ3v) is 42.4. The van der Waals surface area contributed by atoms with Gasteiger partial charge < -0.3 is 18.3 Å². The van der Waals surface area contributed by atoms with Gasteiger partial charge in [-0.2, -0.15) is 0 Å². The van der Waals surface area contributed by atoms with Crippen molar-refractivity contribution >= 4 is 28.3 Å². The molecule has 1 amide bonds. The summed E-state index contributed by atoms with van der Waals surface area (Å²) in [6.45, 7) is 51.6. The number of ether oxygens (including phenoxy) is 2. The van der Waals surface area contributed by atoms with Crippen LogP contribution in [0, 0.1) is 119 Å². The number of amides is 1. The smallest absolute Gasteiger partial charge is 0.274 e. The molecule has 0 N–H and O–H groups in total. The minimum Gasteiger partial charge on any atom is -0.411 e. The summed E-state index contributed by atoms with van der Waals surface area (Å²) in [6, 6.07) is 6.98. The molecule has 2 aliphatic heterocycles. The molecule has 4 spiro atoms. The van der Waals surface area contributed by atoms with Crippen molar-refractivity contribution in [2.24, 2.45) is 119 Å².